The number of likely N-dealkylation sites (tertiary alicyclic amines) is 1. The molecule has 0 aromatic heterocycles. The smallest absolute Gasteiger partial charge is 0.253 e. The molecule has 2 heterocycles. The first kappa shape index (κ1) is 17.2. The number of piperidine rings is 1. The minimum absolute atomic E-state index is 0.0561. The number of morpholine rings is 1. The number of nitrogens with one attached hydrogen (secondary N) is 1. The van der Waals surface area contributed by atoms with Crippen molar-refractivity contribution in [2.75, 3.05) is 46.4 Å². The lowest BCUT2D eigenvalue weighted by atomic mass is 9.90. The lowest BCUT2D eigenvalue weighted by Gasteiger charge is -2.44. The summed E-state index contributed by atoms with van der Waals surface area (Å²) in [6.07, 6.45) is 1.14. The molecule has 0 radical (unpaired) electrons. The Hall–Kier alpha value is -1.18. The SMILES string of the molecule is CNC(=O)C1(C)CN(CC2(O)CCN(C(C)=O)CC2)CCO1. The molecule has 0 aromatic carbocycles. The molecular formula is C15H27N3O4. The zero-order valence-corrected chi connectivity index (χ0v) is 13.7. The Balaban J connectivity index is 1.93. The van der Waals surface area contributed by atoms with E-state index in [1.165, 1.54) is 0 Å². The molecule has 0 aliphatic carbocycles. The van der Waals surface area contributed by atoms with Crippen LogP contribution in [0.25, 0.3) is 0 Å². The second kappa shape index (κ2) is 6.52. The molecule has 0 saturated carbocycles. The van der Waals surface area contributed by atoms with Crippen molar-refractivity contribution in [1.82, 2.24) is 15.1 Å². The van der Waals surface area contributed by atoms with Gasteiger partial charge in [0.2, 0.25) is 5.91 Å². The number of amides is 2. The molecule has 1 unspecified atom stereocenters. The lowest BCUT2D eigenvalue weighted by molar-refractivity contribution is -0.161. The van der Waals surface area contributed by atoms with E-state index in [9.17, 15) is 14.7 Å². The maximum absolute atomic E-state index is 12.0. The van der Waals surface area contributed by atoms with Gasteiger partial charge in [0, 0.05) is 46.7 Å². The average molecular weight is 313 g/mol. The molecule has 7 nitrogen and oxygen atoms in total. The molecule has 126 valence electrons. The number of carbonyl (C=O) groups is 2. The summed E-state index contributed by atoms with van der Waals surface area (Å²) in [5.74, 6) is -0.0868. The quantitative estimate of drug-likeness (QED) is 0.713. The van der Waals surface area contributed by atoms with E-state index < -0.39 is 11.2 Å². The van der Waals surface area contributed by atoms with Crippen LogP contribution in [0.4, 0.5) is 0 Å². The number of nitrogens with zero attached hydrogens (tertiary/aromatic N) is 2. The van der Waals surface area contributed by atoms with Crippen LogP contribution < -0.4 is 5.32 Å². The average Bonchev–Trinajstić information content (AvgIpc) is 2.46. The summed E-state index contributed by atoms with van der Waals surface area (Å²) in [5.41, 5.74) is -1.67. The first-order valence-corrected chi connectivity index (χ1v) is 7.84. The standard InChI is InChI=1S/C15H27N3O4/c1-12(19)18-6-4-15(21,5-7-18)11-17-8-9-22-14(2,10-17)13(20)16-3/h21H,4-11H2,1-3H3,(H,16,20). The molecule has 2 rings (SSSR count). The number of rotatable bonds is 3. The minimum atomic E-state index is -0.872. The molecule has 2 aliphatic heterocycles. The van der Waals surface area contributed by atoms with E-state index in [4.69, 9.17) is 4.74 Å². The van der Waals surface area contributed by atoms with Gasteiger partial charge in [-0.15, -0.1) is 0 Å². The zero-order valence-electron chi connectivity index (χ0n) is 13.7. The van der Waals surface area contributed by atoms with Crippen molar-refractivity contribution in [2.24, 2.45) is 0 Å². The Morgan fingerprint density at radius 1 is 1.27 bits per heavy atom. The van der Waals surface area contributed by atoms with Crippen molar-refractivity contribution < 1.29 is 19.4 Å². The number of hydrogen-bond donors (Lipinski definition) is 2. The Bertz CT molecular complexity index is 435. The summed E-state index contributed by atoms with van der Waals surface area (Å²) in [4.78, 5) is 27.2. The highest BCUT2D eigenvalue weighted by atomic mass is 16.5. The van der Waals surface area contributed by atoms with Crippen LogP contribution in [0.2, 0.25) is 0 Å². The van der Waals surface area contributed by atoms with E-state index in [0.29, 0.717) is 52.2 Å². The van der Waals surface area contributed by atoms with Gasteiger partial charge in [0.05, 0.1) is 12.2 Å². The monoisotopic (exact) mass is 313 g/mol. The van der Waals surface area contributed by atoms with E-state index in [2.05, 4.69) is 10.2 Å². The van der Waals surface area contributed by atoms with Crippen LogP contribution in [0.1, 0.15) is 26.7 Å². The number of aliphatic hydroxyl groups is 1. The van der Waals surface area contributed by atoms with Gasteiger partial charge in [0.15, 0.2) is 5.60 Å². The predicted molar refractivity (Wildman–Crippen MR) is 81.3 cm³/mol. The number of likely N-dealkylation sites (N-methyl/N-ethyl adjacent to an activating group) is 1. The number of ether oxygens (including phenoxy) is 1. The predicted octanol–water partition coefficient (Wildman–Crippen LogP) is -0.803. The molecule has 7 heteroatoms. The fraction of sp³-hybridized carbons (Fsp3) is 0.867. The third-order valence-corrected chi connectivity index (χ3v) is 4.72. The molecule has 0 aromatic rings. The highest BCUT2D eigenvalue weighted by Gasteiger charge is 2.42. The van der Waals surface area contributed by atoms with Crippen LogP contribution in [0.15, 0.2) is 0 Å². The number of hydrogen-bond acceptors (Lipinski definition) is 5. The van der Waals surface area contributed by atoms with Gasteiger partial charge >= 0.3 is 0 Å². The van der Waals surface area contributed by atoms with Crippen LogP contribution >= 0.6 is 0 Å². The Morgan fingerprint density at radius 2 is 1.91 bits per heavy atom. The zero-order chi connectivity index (χ0) is 16.4. The Morgan fingerprint density at radius 3 is 2.45 bits per heavy atom. The summed E-state index contributed by atoms with van der Waals surface area (Å²) < 4.78 is 5.63. The summed E-state index contributed by atoms with van der Waals surface area (Å²) in [6, 6.07) is 0. The van der Waals surface area contributed by atoms with Gasteiger partial charge < -0.3 is 20.1 Å². The maximum atomic E-state index is 12.0. The van der Waals surface area contributed by atoms with Crippen LogP contribution in [0, 0.1) is 0 Å². The van der Waals surface area contributed by atoms with Crippen LogP contribution in [-0.4, -0.2) is 84.3 Å². The van der Waals surface area contributed by atoms with Gasteiger partial charge in [-0.05, 0) is 19.8 Å². The van der Waals surface area contributed by atoms with Gasteiger partial charge in [-0.2, -0.15) is 0 Å². The topological polar surface area (TPSA) is 82.1 Å². The number of β-amino-alcohol motifs (C(OH)–C–C–N with tert-alkyl or cyclic N) is 1. The first-order chi connectivity index (χ1) is 10.3. The van der Waals surface area contributed by atoms with Crippen LogP contribution in [0.5, 0.6) is 0 Å². The van der Waals surface area contributed by atoms with Gasteiger partial charge in [0.1, 0.15) is 0 Å². The molecular weight excluding hydrogens is 286 g/mol. The third kappa shape index (κ3) is 3.77. The van der Waals surface area contributed by atoms with Crippen molar-refractivity contribution in [3.05, 3.63) is 0 Å². The van der Waals surface area contributed by atoms with Crippen molar-refractivity contribution in [3.63, 3.8) is 0 Å². The lowest BCUT2D eigenvalue weighted by Crippen LogP contribution is -2.61. The van der Waals surface area contributed by atoms with E-state index in [1.54, 1.807) is 25.8 Å². The van der Waals surface area contributed by atoms with Crippen molar-refractivity contribution in [1.29, 1.82) is 0 Å². The largest absolute Gasteiger partial charge is 0.388 e. The van der Waals surface area contributed by atoms with E-state index in [0.717, 1.165) is 0 Å². The summed E-state index contributed by atoms with van der Waals surface area (Å²) >= 11 is 0. The van der Waals surface area contributed by atoms with Crippen molar-refractivity contribution >= 4 is 11.8 Å². The molecule has 2 aliphatic rings. The fourth-order valence-corrected chi connectivity index (χ4v) is 3.30. The molecule has 2 amide bonds. The molecule has 22 heavy (non-hydrogen) atoms. The number of carbonyl (C=O) groups excluding carboxylic acids is 2. The summed E-state index contributed by atoms with van der Waals surface area (Å²) in [5, 5.41) is 13.4. The molecule has 0 bridgehead atoms. The Labute approximate surface area is 131 Å². The normalized spacial score (nSPS) is 29.2. The highest BCUT2D eigenvalue weighted by Crippen LogP contribution is 2.26. The van der Waals surface area contributed by atoms with E-state index in [-0.39, 0.29) is 11.8 Å². The minimum Gasteiger partial charge on any atom is -0.388 e. The molecule has 2 fully saturated rings. The molecule has 1 atom stereocenters. The van der Waals surface area contributed by atoms with Crippen molar-refractivity contribution in [2.45, 2.75) is 37.9 Å². The second-order valence-electron chi connectivity index (χ2n) is 6.60. The fourth-order valence-electron chi connectivity index (χ4n) is 3.30. The van der Waals surface area contributed by atoms with Gasteiger partial charge in [0.25, 0.3) is 5.91 Å². The highest BCUT2D eigenvalue weighted by molar-refractivity contribution is 5.84. The van der Waals surface area contributed by atoms with Crippen LogP contribution in [0.3, 0.4) is 0 Å². The van der Waals surface area contributed by atoms with E-state index in [1.807, 2.05) is 0 Å². The summed E-state index contributed by atoms with van der Waals surface area (Å²) in [7, 11) is 1.60. The van der Waals surface area contributed by atoms with Gasteiger partial charge in [-0.3, -0.25) is 14.5 Å². The maximum Gasteiger partial charge on any atom is 0.253 e. The molecule has 0 spiro atoms. The summed E-state index contributed by atoms with van der Waals surface area (Å²) in [6.45, 7) is 6.65. The first-order valence-electron chi connectivity index (χ1n) is 7.84. The molecule has 2 saturated heterocycles. The molecule has 2 N–H and O–H groups in total. The Kier molecular flexibility index (Phi) is 5.09. The van der Waals surface area contributed by atoms with Gasteiger partial charge in [-0.25, -0.2) is 0 Å². The van der Waals surface area contributed by atoms with Gasteiger partial charge in [-0.1, -0.05) is 0 Å². The van der Waals surface area contributed by atoms with Crippen molar-refractivity contribution in [3.8, 4) is 0 Å². The van der Waals surface area contributed by atoms with E-state index >= 15 is 0 Å². The van der Waals surface area contributed by atoms with Crippen LogP contribution in [-0.2, 0) is 14.3 Å². The third-order valence-electron chi connectivity index (χ3n) is 4.72. The second-order valence-corrected chi connectivity index (χ2v) is 6.60.